The van der Waals surface area contributed by atoms with Crippen LogP contribution in [0.2, 0.25) is 0 Å². The molecule has 0 aliphatic heterocycles. The van der Waals surface area contributed by atoms with Crippen molar-refractivity contribution in [3.05, 3.63) is 64.3 Å². The van der Waals surface area contributed by atoms with Crippen molar-refractivity contribution < 1.29 is 43.9 Å². The zero-order valence-corrected chi connectivity index (χ0v) is 10.9. The van der Waals surface area contributed by atoms with E-state index in [2.05, 4.69) is 0 Å². The molecule has 0 saturated carbocycles. The SMILES string of the molecule is C\C(F)=C(F)/C(F)=C(\C(F)=C\F)c1c(F)c(F)c(F)c(F)c1F. The first-order valence-corrected chi connectivity index (χ1v) is 5.46. The van der Waals surface area contributed by atoms with Crippen molar-refractivity contribution in [3.63, 3.8) is 0 Å². The van der Waals surface area contributed by atoms with Gasteiger partial charge in [-0.25, -0.2) is 43.9 Å². The molecule has 23 heavy (non-hydrogen) atoms. The predicted octanol–water partition coefficient (Wildman–Crippen LogP) is 6.01. The summed E-state index contributed by atoms with van der Waals surface area (Å²) in [5.74, 6) is -23.1. The minimum atomic E-state index is -2.70. The van der Waals surface area contributed by atoms with Crippen LogP contribution in [0.5, 0.6) is 0 Å². The van der Waals surface area contributed by atoms with Crippen LogP contribution in [-0.4, -0.2) is 0 Å². The van der Waals surface area contributed by atoms with Gasteiger partial charge in [0.2, 0.25) is 5.82 Å². The van der Waals surface area contributed by atoms with E-state index in [0.717, 1.165) is 0 Å². The second kappa shape index (κ2) is 6.88. The van der Waals surface area contributed by atoms with Gasteiger partial charge in [0.25, 0.3) is 0 Å². The Balaban J connectivity index is 4.02. The summed E-state index contributed by atoms with van der Waals surface area (Å²) in [6, 6.07) is 0. The van der Waals surface area contributed by atoms with E-state index in [4.69, 9.17) is 0 Å². The molecule has 1 aromatic carbocycles. The Morgan fingerprint density at radius 2 is 1.09 bits per heavy atom. The molecule has 0 spiro atoms. The van der Waals surface area contributed by atoms with Gasteiger partial charge in [-0.3, -0.25) is 0 Å². The summed E-state index contributed by atoms with van der Waals surface area (Å²) in [4.78, 5) is 0. The molecule has 0 fully saturated rings. The van der Waals surface area contributed by atoms with Crippen molar-refractivity contribution in [1.82, 2.24) is 0 Å². The second-order valence-electron chi connectivity index (χ2n) is 3.94. The molecule has 1 rings (SSSR count). The second-order valence-corrected chi connectivity index (χ2v) is 3.94. The Bertz CT molecular complexity index is 709. The highest BCUT2D eigenvalue weighted by Gasteiger charge is 2.32. The predicted molar refractivity (Wildman–Crippen MR) is 59.5 cm³/mol. The topological polar surface area (TPSA) is 0 Å². The van der Waals surface area contributed by atoms with Crippen LogP contribution in [-0.2, 0) is 0 Å². The zero-order chi connectivity index (χ0) is 18.1. The van der Waals surface area contributed by atoms with E-state index in [1.165, 1.54) is 0 Å². The van der Waals surface area contributed by atoms with Gasteiger partial charge in [0.15, 0.2) is 40.7 Å². The highest BCUT2D eigenvalue weighted by atomic mass is 19.2. The molecule has 0 unspecified atom stereocenters. The zero-order valence-electron chi connectivity index (χ0n) is 10.9. The van der Waals surface area contributed by atoms with Crippen LogP contribution in [0.25, 0.3) is 5.57 Å². The average molecular weight is 350 g/mol. The fourth-order valence-electron chi connectivity index (χ4n) is 1.47. The number of halogens is 10. The molecule has 0 atom stereocenters. The van der Waals surface area contributed by atoms with E-state index in [9.17, 15) is 43.9 Å². The van der Waals surface area contributed by atoms with Gasteiger partial charge >= 0.3 is 0 Å². The summed E-state index contributed by atoms with van der Waals surface area (Å²) >= 11 is 0. The maximum atomic E-state index is 13.6. The summed E-state index contributed by atoms with van der Waals surface area (Å²) in [7, 11) is 0. The maximum Gasteiger partial charge on any atom is 0.200 e. The van der Waals surface area contributed by atoms with E-state index < -0.39 is 69.9 Å². The molecule has 10 heteroatoms. The molecule has 0 radical (unpaired) electrons. The quantitative estimate of drug-likeness (QED) is 0.271. The van der Waals surface area contributed by atoms with Crippen molar-refractivity contribution in [2.45, 2.75) is 6.92 Å². The molecular formula is C13H4F10. The van der Waals surface area contributed by atoms with Crippen LogP contribution < -0.4 is 0 Å². The summed E-state index contributed by atoms with van der Waals surface area (Å²) in [5, 5.41) is 0. The first-order valence-electron chi connectivity index (χ1n) is 5.46. The number of rotatable bonds is 3. The minimum Gasteiger partial charge on any atom is -0.212 e. The van der Waals surface area contributed by atoms with Crippen molar-refractivity contribution in [2.24, 2.45) is 0 Å². The third-order valence-electron chi connectivity index (χ3n) is 2.51. The molecule has 0 aliphatic carbocycles. The van der Waals surface area contributed by atoms with Gasteiger partial charge in [-0.1, -0.05) is 0 Å². The van der Waals surface area contributed by atoms with Gasteiger partial charge in [-0.2, -0.15) is 0 Å². The fourth-order valence-corrected chi connectivity index (χ4v) is 1.47. The van der Waals surface area contributed by atoms with Crippen molar-refractivity contribution >= 4 is 5.57 Å². The Hall–Kier alpha value is -2.26. The molecule has 0 amide bonds. The third kappa shape index (κ3) is 3.25. The average Bonchev–Trinajstić information content (AvgIpc) is 2.52. The molecule has 0 nitrogen and oxygen atoms in total. The molecule has 0 aliphatic rings. The van der Waals surface area contributed by atoms with Gasteiger partial charge in [0.1, 0.15) is 12.2 Å². The van der Waals surface area contributed by atoms with Gasteiger partial charge < -0.3 is 0 Å². The van der Waals surface area contributed by atoms with Gasteiger partial charge in [-0.05, 0) is 6.92 Å². The van der Waals surface area contributed by atoms with E-state index in [0.29, 0.717) is 6.92 Å². The molecular weight excluding hydrogens is 346 g/mol. The first kappa shape index (κ1) is 18.8. The third-order valence-corrected chi connectivity index (χ3v) is 2.51. The van der Waals surface area contributed by atoms with Crippen LogP contribution in [0, 0.1) is 29.1 Å². The van der Waals surface area contributed by atoms with Crippen molar-refractivity contribution in [1.29, 1.82) is 0 Å². The van der Waals surface area contributed by atoms with Crippen LogP contribution in [0.15, 0.2) is 29.6 Å². The highest BCUT2D eigenvalue weighted by molar-refractivity contribution is 5.81. The van der Waals surface area contributed by atoms with Gasteiger partial charge in [-0.15, -0.1) is 0 Å². The molecule has 126 valence electrons. The Morgan fingerprint density at radius 3 is 1.43 bits per heavy atom. The fraction of sp³-hybridized carbons (Fsp3) is 0.0769. The van der Waals surface area contributed by atoms with Crippen LogP contribution in [0.1, 0.15) is 12.5 Å². The molecule has 0 heterocycles. The highest BCUT2D eigenvalue weighted by Crippen LogP contribution is 2.38. The van der Waals surface area contributed by atoms with Crippen LogP contribution in [0.3, 0.4) is 0 Å². The summed E-state index contributed by atoms with van der Waals surface area (Å²) in [5.41, 5.74) is -4.60. The lowest BCUT2D eigenvalue weighted by molar-refractivity contribution is 0.375. The van der Waals surface area contributed by atoms with Crippen molar-refractivity contribution in [2.75, 3.05) is 0 Å². The number of allylic oxidation sites excluding steroid dienone is 5. The molecule has 0 saturated heterocycles. The normalized spacial score (nSPS) is 14.7. The smallest absolute Gasteiger partial charge is 0.200 e. The lowest BCUT2D eigenvalue weighted by atomic mass is 10.0. The van der Waals surface area contributed by atoms with Crippen LogP contribution in [0.4, 0.5) is 43.9 Å². The van der Waals surface area contributed by atoms with E-state index in [1.807, 2.05) is 0 Å². The van der Waals surface area contributed by atoms with Crippen LogP contribution >= 0.6 is 0 Å². The Labute approximate surface area is 122 Å². The molecule has 0 bridgehead atoms. The molecule has 1 aromatic rings. The van der Waals surface area contributed by atoms with Gasteiger partial charge in [0, 0.05) is 0 Å². The molecule has 0 aromatic heterocycles. The Kier molecular flexibility index (Phi) is 5.62. The lowest BCUT2D eigenvalue weighted by Gasteiger charge is -2.11. The van der Waals surface area contributed by atoms with E-state index in [-0.39, 0.29) is 0 Å². The van der Waals surface area contributed by atoms with Crippen molar-refractivity contribution in [3.8, 4) is 0 Å². The largest absolute Gasteiger partial charge is 0.212 e. The summed E-state index contributed by atoms with van der Waals surface area (Å²) < 4.78 is 131. The number of hydrogen-bond donors (Lipinski definition) is 0. The van der Waals surface area contributed by atoms with E-state index in [1.54, 1.807) is 0 Å². The Morgan fingerprint density at radius 1 is 0.696 bits per heavy atom. The monoisotopic (exact) mass is 350 g/mol. The summed E-state index contributed by atoms with van der Waals surface area (Å²) in [6.45, 7) is 0.308. The standard InChI is InChI=1S/C13H4F10/c1-3(15)7(17)8(18)5(4(16)2-14)6-9(19)11(21)13(23)12(22)10(6)20/h2H,1H3/b4-2-,7-3-,8-5-. The number of hydrogen-bond acceptors (Lipinski definition) is 0. The van der Waals surface area contributed by atoms with Gasteiger partial charge in [0.05, 0.1) is 11.1 Å². The number of benzene rings is 1. The minimum absolute atomic E-state index is 0.308. The maximum absolute atomic E-state index is 13.6. The van der Waals surface area contributed by atoms with E-state index >= 15 is 0 Å². The lowest BCUT2D eigenvalue weighted by Crippen LogP contribution is -2.08. The first-order chi connectivity index (χ1) is 10.6. The molecule has 0 N–H and O–H groups in total. The summed E-state index contributed by atoms with van der Waals surface area (Å²) in [6.07, 6.45) is -1.13.